The first-order chi connectivity index (χ1) is 9.81. The Kier molecular flexibility index (Phi) is 6.38. The van der Waals surface area contributed by atoms with Crippen LogP contribution in [0.3, 0.4) is 0 Å². The van der Waals surface area contributed by atoms with Gasteiger partial charge in [0.05, 0.1) is 12.7 Å². The number of rotatable bonds is 6. The van der Waals surface area contributed by atoms with Crippen molar-refractivity contribution < 1.29 is 9.84 Å². The maximum absolute atomic E-state index is 10.6. The standard InChI is InChI=1S/C18H28O2/c1-2-13-20-18-12-8-7-11-16(18)17(19)14-15-9-5-3-4-6-10-15/h7-8,11-12,15,17,19H,2-6,9-10,13-14H2,1H3. The van der Waals surface area contributed by atoms with Crippen molar-refractivity contribution in [2.24, 2.45) is 5.92 Å². The molecule has 0 amide bonds. The molecule has 20 heavy (non-hydrogen) atoms. The number of para-hydroxylation sites is 1. The lowest BCUT2D eigenvalue weighted by atomic mass is 9.91. The second kappa shape index (κ2) is 8.31. The molecule has 0 aliphatic heterocycles. The zero-order valence-corrected chi connectivity index (χ0v) is 12.7. The van der Waals surface area contributed by atoms with Crippen LogP contribution in [-0.4, -0.2) is 11.7 Å². The molecule has 2 rings (SSSR count). The number of ether oxygens (including phenoxy) is 1. The zero-order chi connectivity index (χ0) is 14.2. The van der Waals surface area contributed by atoms with E-state index in [0.717, 1.165) is 24.2 Å². The fraction of sp³-hybridized carbons (Fsp3) is 0.667. The number of aliphatic hydroxyl groups excluding tert-OH is 1. The molecule has 1 aliphatic carbocycles. The van der Waals surface area contributed by atoms with E-state index in [1.54, 1.807) is 0 Å². The third-order valence-corrected chi connectivity index (χ3v) is 4.27. The van der Waals surface area contributed by atoms with Crippen molar-refractivity contribution in [2.75, 3.05) is 6.61 Å². The van der Waals surface area contributed by atoms with Crippen LogP contribution < -0.4 is 4.74 Å². The second-order valence-electron chi connectivity index (χ2n) is 6.00. The lowest BCUT2D eigenvalue weighted by Crippen LogP contribution is -2.09. The Balaban J connectivity index is 1.98. The molecule has 1 aliphatic rings. The molecule has 0 heterocycles. The van der Waals surface area contributed by atoms with Crippen LogP contribution in [0.1, 0.15) is 70.0 Å². The Morgan fingerprint density at radius 3 is 2.55 bits per heavy atom. The molecule has 1 fully saturated rings. The van der Waals surface area contributed by atoms with Gasteiger partial charge in [-0.15, -0.1) is 0 Å². The van der Waals surface area contributed by atoms with Gasteiger partial charge in [0, 0.05) is 5.56 Å². The van der Waals surface area contributed by atoms with Gasteiger partial charge < -0.3 is 9.84 Å². The third kappa shape index (κ3) is 4.52. The van der Waals surface area contributed by atoms with E-state index in [0.29, 0.717) is 12.5 Å². The molecule has 1 atom stereocenters. The van der Waals surface area contributed by atoms with Crippen molar-refractivity contribution in [2.45, 2.75) is 64.4 Å². The van der Waals surface area contributed by atoms with Gasteiger partial charge in [-0.05, 0) is 24.8 Å². The third-order valence-electron chi connectivity index (χ3n) is 4.27. The molecule has 1 aromatic carbocycles. The average Bonchev–Trinajstić information content (AvgIpc) is 2.74. The molecule has 1 unspecified atom stereocenters. The lowest BCUT2D eigenvalue weighted by Gasteiger charge is -2.21. The van der Waals surface area contributed by atoms with E-state index < -0.39 is 0 Å². The second-order valence-corrected chi connectivity index (χ2v) is 6.00. The Morgan fingerprint density at radius 2 is 1.85 bits per heavy atom. The molecule has 0 radical (unpaired) electrons. The highest BCUT2D eigenvalue weighted by Crippen LogP contribution is 2.34. The molecular formula is C18H28O2. The van der Waals surface area contributed by atoms with Crippen LogP contribution in [0.5, 0.6) is 5.75 Å². The van der Waals surface area contributed by atoms with Crippen LogP contribution in [-0.2, 0) is 0 Å². The molecule has 1 N–H and O–H groups in total. The zero-order valence-electron chi connectivity index (χ0n) is 12.7. The van der Waals surface area contributed by atoms with Crippen molar-refractivity contribution >= 4 is 0 Å². The van der Waals surface area contributed by atoms with Crippen LogP contribution in [0.15, 0.2) is 24.3 Å². The van der Waals surface area contributed by atoms with Gasteiger partial charge in [0.1, 0.15) is 5.75 Å². The predicted octanol–water partition coefficient (Wildman–Crippen LogP) is 4.87. The summed E-state index contributed by atoms with van der Waals surface area (Å²) in [6.07, 6.45) is 9.41. The quantitative estimate of drug-likeness (QED) is 0.751. The summed E-state index contributed by atoms with van der Waals surface area (Å²) in [4.78, 5) is 0. The van der Waals surface area contributed by atoms with E-state index in [2.05, 4.69) is 6.92 Å². The van der Waals surface area contributed by atoms with E-state index in [4.69, 9.17) is 4.74 Å². The molecule has 0 bridgehead atoms. The van der Waals surface area contributed by atoms with Gasteiger partial charge >= 0.3 is 0 Å². The summed E-state index contributed by atoms with van der Waals surface area (Å²) in [6, 6.07) is 7.95. The first-order valence-electron chi connectivity index (χ1n) is 8.21. The number of hydrogen-bond acceptors (Lipinski definition) is 2. The van der Waals surface area contributed by atoms with Crippen molar-refractivity contribution in [3.8, 4) is 5.75 Å². The fourth-order valence-electron chi connectivity index (χ4n) is 3.14. The summed E-state index contributed by atoms with van der Waals surface area (Å²) in [6.45, 7) is 2.82. The molecule has 2 nitrogen and oxygen atoms in total. The SMILES string of the molecule is CCCOc1ccccc1C(O)CC1CCCCCC1. The summed E-state index contributed by atoms with van der Waals surface area (Å²) in [7, 11) is 0. The molecule has 112 valence electrons. The van der Waals surface area contributed by atoms with Crippen molar-refractivity contribution in [3.05, 3.63) is 29.8 Å². The number of hydrogen-bond donors (Lipinski definition) is 1. The number of benzene rings is 1. The molecule has 0 saturated heterocycles. The minimum Gasteiger partial charge on any atom is -0.493 e. The molecular weight excluding hydrogens is 248 g/mol. The van der Waals surface area contributed by atoms with E-state index in [9.17, 15) is 5.11 Å². The van der Waals surface area contributed by atoms with E-state index in [1.807, 2.05) is 24.3 Å². The van der Waals surface area contributed by atoms with Gasteiger partial charge in [0.2, 0.25) is 0 Å². The Bertz CT molecular complexity index is 381. The summed E-state index contributed by atoms with van der Waals surface area (Å²) >= 11 is 0. The van der Waals surface area contributed by atoms with Crippen LogP contribution in [0.4, 0.5) is 0 Å². The minimum absolute atomic E-state index is 0.383. The van der Waals surface area contributed by atoms with Gasteiger partial charge in [0.15, 0.2) is 0 Å². The maximum Gasteiger partial charge on any atom is 0.125 e. The predicted molar refractivity (Wildman–Crippen MR) is 83.0 cm³/mol. The van der Waals surface area contributed by atoms with Crippen LogP contribution in [0.2, 0.25) is 0 Å². The highest BCUT2D eigenvalue weighted by molar-refractivity contribution is 5.35. The normalized spacial score (nSPS) is 18.5. The summed E-state index contributed by atoms with van der Waals surface area (Å²) in [5.74, 6) is 1.53. The van der Waals surface area contributed by atoms with Crippen LogP contribution in [0, 0.1) is 5.92 Å². The van der Waals surface area contributed by atoms with E-state index >= 15 is 0 Å². The fourth-order valence-corrected chi connectivity index (χ4v) is 3.14. The van der Waals surface area contributed by atoms with Gasteiger partial charge in [-0.1, -0.05) is 63.6 Å². The molecule has 2 heteroatoms. The van der Waals surface area contributed by atoms with Gasteiger partial charge in [-0.3, -0.25) is 0 Å². The Labute approximate surface area is 123 Å². The Morgan fingerprint density at radius 1 is 1.15 bits per heavy atom. The van der Waals surface area contributed by atoms with E-state index in [-0.39, 0.29) is 6.10 Å². The van der Waals surface area contributed by atoms with Crippen LogP contribution >= 0.6 is 0 Å². The topological polar surface area (TPSA) is 29.5 Å². The first-order valence-corrected chi connectivity index (χ1v) is 8.21. The highest BCUT2D eigenvalue weighted by Gasteiger charge is 2.20. The number of aliphatic hydroxyl groups is 1. The maximum atomic E-state index is 10.6. The first kappa shape index (κ1) is 15.4. The van der Waals surface area contributed by atoms with Crippen molar-refractivity contribution in [1.82, 2.24) is 0 Å². The van der Waals surface area contributed by atoms with Gasteiger partial charge in [0.25, 0.3) is 0 Å². The summed E-state index contributed by atoms with van der Waals surface area (Å²) < 4.78 is 5.76. The minimum atomic E-state index is -0.383. The summed E-state index contributed by atoms with van der Waals surface area (Å²) in [5.41, 5.74) is 0.963. The average molecular weight is 276 g/mol. The molecule has 1 saturated carbocycles. The smallest absolute Gasteiger partial charge is 0.125 e. The molecule has 0 aromatic heterocycles. The van der Waals surface area contributed by atoms with Gasteiger partial charge in [-0.25, -0.2) is 0 Å². The largest absolute Gasteiger partial charge is 0.493 e. The summed E-state index contributed by atoms with van der Waals surface area (Å²) in [5, 5.41) is 10.6. The van der Waals surface area contributed by atoms with Crippen molar-refractivity contribution in [1.29, 1.82) is 0 Å². The monoisotopic (exact) mass is 276 g/mol. The van der Waals surface area contributed by atoms with Gasteiger partial charge in [-0.2, -0.15) is 0 Å². The van der Waals surface area contributed by atoms with E-state index in [1.165, 1.54) is 38.5 Å². The van der Waals surface area contributed by atoms with Crippen molar-refractivity contribution in [3.63, 3.8) is 0 Å². The molecule has 0 spiro atoms. The molecule has 1 aromatic rings. The lowest BCUT2D eigenvalue weighted by molar-refractivity contribution is 0.134. The Hall–Kier alpha value is -1.02. The van der Waals surface area contributed by atoms with Crippen LogP contribution in [0.25, 0.3) is 0 Å². The highest BCUT2D eigenvalue weighted by atomic mass is 16.5.